The van der Waals surface area contributed by atoms with Gasteiger partial charge in [0.1, 0.15) is 22.5 Å². The highest BCUT2D eigenvalue weighted by molar-refractivity contribution is 7.13. The lowest BCUT2D eigenvalue weighted by molar-refractivity contribution is -0.115. The zero-order valence-electron chi connectivity index (χ0n) is 16.5. The Morgan fingerprint density at radius 1 is 1.09 bits per heavy atom. The summed E-state index contributed by atoms with van der Waals surface area (Å²) in [5, 5.41) is 5.48. The molecule has 0 spiro atoms. The van der Waals surface area contributed by atoms with Crippen molar-refractivity contribution in [2.24, 2.45) is 0 Å². The second-order valence-electron chi connectivity index (χ2n) is 7.05. The summed E-state index contributed by atoms with van der Waals surface area (Å²) in [7, 11) is 0. The third-order valence-corrected chi connectivity index (χ3v) is 5.69. The maximum Gasteiger partial charge on any atom is 0.230 e. The van der Waals surface area contributed by atoms with Crippen LogP contribution in [0.3, 0.4) is 0 Å². The van der Waals surface area contributed by atoms with Crippen molar-refractivity contribution in [3.8, 4) is 22.0 Å². The molecule has 2 aromatic carbocycles. The van der Waals surface area contributed by atoms with Crippen LogP contribution in [0.1, 0.15) is 5.69 Å². The Kier molecular flexibility index (Phi) is 5.16. The Labute approximate surface area is 185 Å². The summed E-state index contributed by atoms with van der Waals surface area (Å²) in [6.07, 6.45) is 3.54. The predicted molar refractivity (Wildman–Crippen MR) is 119 cm³/mol. The zero-order chi connectivity index (χ0) is 22.1. The van der Waals surface area contributed by atoms with E-state index in [1.165, 1.54) is 11.3 Å². The molecule has 0 atom stereocenters. The highest BCUT2D eigenvalue weighted by atomic mass is 32.1. The topological polar surface area (TPSA) is 83.6 Å². The molecule has 158 valence electrons. The Balaban J connectivity index is 1.31. The predicted octanol–water partition coefficient (Wildman–Crippen LogP) is 5.21. The third-order valence-electron chi connectivity index (χ3n) is 4.75. The number of pyridine rings is 1. The monoisotopic (exact) mass is 447 g/mol. The van der Waals surface area contributed by atoms with Crippen molar-refractivity contribution in [1.82, 2.24) is 19.9 Å². The number of aromatic amines is 1. The number of amides is 1. The molecule has 0 aliphatic heterocycles. The van der Waals surface area contributed by atoms with E-state index < -0.39 is 11.6 Å². The Morgan fingerprint density at radius 3 is 2.84 bits per heavy atom. The molecule has 0 saturated heterocycles. The molecule has 5 rings (SSSR count). The van der Waals surface area contributed by atoms with Crippen LogP contribution in [-0.2, 0) is 11.2 Å². The van der Waals surface area contributed by atoms with Crippen LogP contribution in [0.5, 0.6) is 0 Å². The number of fused-ring (bicyclic) bond motifs is 1. The minimum absolute atomic E-state index is 0.0414. The van der Waals surface area contributed by atoms with Crippen LogP contribution in [0.2, 0.25) is 0 Å². The van der Waals surface area contributed by atoms with Gasteiger partial charge >= 0.3 is 0 Å². The summed E-state index contributed by atoms with van der Waals surface area (Å²) in [6.45, 7) is 0. The molecule has 32 heavy (non-hydrogen) atoms. The molecule has 3 heterocycles. The summed E-state index contributed by atoms with van der Waals surface area (Å²) in [5.74, 6) is -1.13. The highest BCUT2D eigenvalue weighted by Gasteiger charge is 2.13. The number of rotatable bonds is 5. The van der Waals surface area contributed by atoms with Gasteiger partial charge in [0.05, 0.1) is 28.7 Å². The van der Waals surface area contributed by atoms with Crippen LogP contribution in [0.15, 0.2) is 66.3 Å². The third kappa shape index (κ3) is 4.10. The fourth-order valence-corrected chi connectivity index (χ4v) is 4.08. The average molecular weight is 447 g/mol. The summed E-state index contributed by atoms with van der Waals surface area (Å²) in [5.41, 5.74) is 3.33. The van der Waals surface area contributed by atoms with Crippen molar-refractivity contribution in [2.45, 2.75) is 6.42 Å². The largest absolute Gasteiger partial charge is 0.338 e. The molecular formula is C23H15F2N5OS. The summed E-state index contributed by atoms with van der Waals surface area (Å²) < 4.78 is 27.6. The maximum atomic E-state index is 14.1. The van der Waals surface area contributed by atoms with Gasteiger partial charge in [-0.1, -0.05) is 0 Å². The lowest BCUT2D eigenvalue weighted by atomic mass is 10.2. The summed E-state index contributed by atoms with van der Waals surface area (Å²) in [4.78, 5) is 28.4. The number of hydrogen-bond acceptors (Lipinski definition) is 5. The number of carbonyl (C=O) groups excluding carboxylic acids is 1. The molecule has 9 heteroatoms. The standard InChI is InChI=1S/C23H15F2N5OS/c24-14-3-5-18(25)17(8-14)22-29-19-6-4-15(9-20(19)30-22)27-21(31)10-16-12-32-23(28-16)13-2-1-7-26-11-13/h1-9,11-12H,10H2,(H,27,31)(H,29,30). The molecule has 0 radical (unpaired) electrons. The number of carbonyl (C=O) groups is 1. The first-order valence-electron chi connectivity index (χ1n) is 9.65. The second kappa shape index (κ2) is 8.27. The average Bonchev–Trinajstić information content (AvgIpc) is 3.42. The fourth-order valence-electron chi connectivity index (χ4n) is 3.27. The number of nitrogens with one attached hydrogen (secondary N) is 2. The molecule has 2 N–H and O–H groups in total. The SMILES string of the molecule is O=C(Cc1csc(-c2cccnc2)n1)Nc1ccc2nc(-c3cc(F)ccc3F)[nH]c2c1. The number of hydrogen-bond donors (Lipinski definition) is 2. The molecule has 6 nitrogen and oxygen atoms in total. The van der Waals surface area contributed by atoms with Crippen molar-refractivity contribution in [3.05, 3.63) is 83.6 Å². The Hall–Kier alpha value is -3.98. The zero-order valence-corrected chi connectivity index (χ0v) is 17.3. The van der Waals surface area contributed by atoms with Crippen molar-refractivity contribution >= 4 is 34.0 Å². The lowest BCUT2D eigenvalue weighted by Gasteiger charge is -2.04. The molecule has 1 amide bonds. The first kappa shape index (κ1) is 20.0. The van der Waals surface area contributed by atoms with Crippen LogP contribution in [0.4, 0.5) is 14.5 Å². The molecular weight excluding hydrogens is 432 g/mol. The van der Waals surface area contributed by atoms with E-state index >= 15 is 0 Å². The van der Waals surface area contributed by atoms with Gasteiger partial charge in [-0.2, -0.15) is 0 Å². The minimum atomic E-state index is -0.576. The number of nitrogens with zero attached hydrogens (tertiary/aromatic N) is 3. The minimum Gasteiger partial charge on any atom is -0.338 e. The van der Waals surface area contributed by atoms with Crippen LogP contribution in [-0.4, -0.2) is 25.8 Å². The van der Waals surface area contributed by atoms with Gasteiger partial charge in [0.15, 0.2) is 0 Å². The van der Waals surface area contributed by atoms with Crippen molar-refractivity contribution in [1.29, 1.82) is 0 Å². The lowest BCUT2D eigenvalue weighted by Crippen LogP contribution is -2.14. The number of halogens is 2. The molecule has 0 unspecified atom stereocenters. The smallest absolute Gasteiger partial charge is 0.230 e. The number of anilines is 1. The fraction of sp³-hybridized carbons (Fsp3) is 0.0435. The molecule has 0 saturated carbocycles. The van der Waals surface area contributed by atoms with Gasteiger partial charge in [-0.05, 0) is 48.5 Å². The van der Waals surface area contributed by atoms with E-state index in [1.807, 2.05) is 17.5 Å². The number of thiazole rings is 1. The van der Waals surface area contributed by atoms with Gasteiger partial charge in [0, 0.05) is 29.0 Å². The van der Waals surface area contributed by atoms with Gasteiger partial charge in [-0.25, -0.2) is 18.7 Å². The van der Waals surface area contributed by atoms with Crippen LogP contribution >= 0.6 is 11.3 Å². The van der Waals surface area contributed by atoms with Gasteiger partial charge in [-0.15, -0.1) is 11.3 Å². The van der Waals surface area contributed by atoms with Gasteiger partial charge in [0.2, 0.25) is 5.91 Å². The first-order chi connectivity index (χ1) is 15.5. The first-order valence-corrected chi connectivity index (χ1v) is 10.5. The second-order valence-corrected chi connectivity index (χ2v) is 7.91. The summed E-state index contributed by atoms with van der Waals surface area (Å²) in [6, 6.07) is 12.0. The summed E-state index contributed by atoms with van der Waals surface area (Å²) >= 11 is 1.45. The van der Waals surface area contributed by atoms with E-state index in [1.54, 1.807) is 30.6 Å². The van der Waals surface area contributed by atoms with E-state index in [2.05, 4.69) is 25.3 Å². The number of imidazole rings is 1. The van der Waals surface area contributed by atoms with E-state index in [0.29, 0.717) is 22.4 Å². The molecule has 5 aromatic rings. The van der Waals surface area contributed by atoms with Crippen LogP contribution in [0, 0.1) is 11.6 Å². The van der Waals surface area contributed by atoms with E-state index in [-0.39, 0.29) is 23.7 Å². The number of benzene rings is 2. The number of aromatic nitrogens is 4. The van der Waals surface area contributed by atoms with Crippen molar-refractivity contribution < 1.29 is 13.6 Å². The van der Waals surface area contributed by atoms with Gasteiger partial charge in [-0.3, -0.25) is 9.78 Å². The van der Waals surface area contributed by atoms with E-state index in [9.17, 15) is 13.6 Å². The van der Waals surface area contributed by atoms with E-state index in [4.69, 9.17) is 0 Å². The normalized spacial score (nSPS) is 11.1. The quantitative estimate of drug-likeness (QED) is 0.388. The van der Waals surface area contributed by atoms with Gasteiger partial charge in [0.25, 0.3) is 0 Å². The maximum absolute atomic E-state index is 14.1. The highest BCUT2D eigenvalue weighted by Crippen LogP contribution is 2.26. The van der Waals surface area contributed by atoms with Crippen LogP contribution < -0.4 is 5.32 Å². The van der Waals surface area contributed by atoms with Crippen molar-refractivity contribution in [3.63, 3.8) is 0 Å². The van der Waals surface area contributed by atoms with E-state index in [0.717, 1.165) is 28.8 Å². The Morgan fingerprint density at radius 2 is 2.00 bits per heavy atom. The molecule has 0 bridgehead atoms. The molecule has 3 aromatic heterocycles. The Bertz CT molecular complexity index is 1430. The molecule has 0 aliphatic rings. The van der Waals surface area contributed by atoms with Crippen LogP contribution in [0.25, 0.3) is 33.0 Å². The molecule has 0 fully saturated rings. The number of H-pyrrole nitrogens is 1. The molecule has 0 aliphatic carbocycles. The van der Waals surface area contributed by atoms with Gasteiger partial charge < -0.3 is 10.3 Å². The van der Waals surface area contributed by atoms with Crippen molar-refractivity contribution in [2.75, 3.05) is 5.32 Å².